The summed E-state index contributed by atoms with van der Waals surface area (Å²) >= 11 is 1.71. The summed E-state index contributed by atoms with van der Waals surface area (Å²) in [4.78, 5) is 4.60. The molecule has 0 saturated carbocycles. The monoisotopic (exact) mass is 377 g/mol. The zero-order valence-electron chi connectivity index (χ0n) is 16.6. The van der Waals surface area contributed by atoms with E-state index in [9.17, 15) is 0 Å². The van der Waals surface area contributed by atoms with E-state index in [1.165, 1.54) is 69.8 Å². The quantitative estimate of drug-likeness (QED) is 0.566. The van der Waals surface area contributed by atoms with Crippen LogP contribution in [0, 0.1) is 6.92 Å². The fraction of sp³-hybridized carbons (Fsp3) is 0.773. The zero-order chi connectivity index (χ0) is 18.2. The van der Waals surface area contributed by atoms with Gasteiger partial charge in [-0.3, -0.25) is 0 Å². The number of thiazole rings is 1. The number of aromatic nitrogens is 1. The topological polar surface area (TPSA) is 34.6 Å². The van der Waals surface area contributed by atoms with Crippen LogP contribution in [0.3, 0.4) is 0 Å². The standard InChI is InChI=1S/C22H35NO2S/c1-18(16-20-17-26-19(2)23-20)22-13-15-24-14-11-9-7-5-3-4-6-8-10-12-21(22)25-22/h16-17,21H,3-15H2,1-2H3/b18-16+. The molecule has 2 aliphatic heterocycles. The van der Waals surface area contributed by atoms with Crippen molar-refractivity contribution in [1.29, 1.82) is 0 Å². The van der Waals surface area contributed by atoms with Gasteiger partial charge < -0.3 is 9.47 Å². The molecule has 2 saturated heterocycles. The van der Waals surface area contributed by atoms with Crippen LogP contribution >= 0.6 is 11.3 Å². The highest BCUT2D eigenvalue weighted by Crippen LogP contribution is 2.49. The van der Waals surface area contributed by atoms with Crippen molar-refractivity contribution < 1.29 is 9.47 Å². The fourth-order valence-corrected chi connectivity index (χ4v) is 4.73. The van der Waals surface area contributed by atoms with E-state index in [-0.39, 0.29) is 5.60 Å². The van der Waals surface area contributed by atoms with Crippen LogP contribution in [0.5, 0.6) is 0 Å². The molecule has 0 aliphatic carbocycles. The van der Waals surface area contributed by atoms with Gasteiger partial charge in [-0.1, -0.05) is 51.4 Å². The van der Waals surface area contributed by atoms with Crippen LogP contribution in [0.4, 0.5) is 0 Å². The zero-order valence-corrected chi connectivity index (χ0v) is 17.4. The first-order valence-corrected chi connectivity index (χ1v) is 11.5. The van der Waals surface area contributed by atoms with Gasteiger partial charge in [-0.25, -0.2) is 4.98 Å². The maximum absolute atomic E-state index is 6.30. The van der Waals surface area contributed by atoms with Crippen molar-refractivity contribution in [1.82, 2.24) is 4.98 Å². The lowest BCUT2D eigenvalue weighted by Gasteiger charge is -2.15. The van der Waals surface area contributed by atoms with E-state index in [4.69, 9.17) is 9.47 Å². The van der Waals surface area contributed by atoms with Crippen molar-refractivity contribution in [2.24, 2.45) is 0 Å². The first-order valence-electron chi connectivity index (χ1n) is 10.6. The molecular weight excluding hydrogens is 342 g/mol. The minimum Gasteiger partial charge on any atom is -0.381 e. The minimum absolute atomic E-state index is 0.103. The molecular formula is C22H35NO2S. The van der Waals surface area contributed by atoms with Crippen LogP contribution in [0.2, 0.25) is 0 Å². The molecule has 0 spiro atoms. The molecule has 3 heterocycles. The average molecular weight is 378 g/mol. The molecule has 26 heavy (non-hydrogen) atoms. The maximum atomic E-state index is 6.30. The summed E-state index contributed by atoms with van der Waals surface area (Å²) in [6.07, 6.45) is 16.8. The first-order chi connectivity index (χ1) is 12.7. The molecule has 1 aromatic rings. The van der Waals surface area contributed by atoms with Crippen molar-refractivity contribution in [3.8, 4) is 0 Å². The number of nitrogens with zero attached hydrogens (tertiary/aromatic N) is 1. The maximum Gasteiger partial charge on any atom is 0.118 e. The summed E-state index contributed by atoms with van der Waals surface area (Å²) in [7, 11) is 0. The Morgan fingerprint density at radius 3 is 2.46 bits per heavy atom. The molecule has 0 bridgehead atoms. The van der Waals surface area contributed by atoms with E-state index in [1.54, 1.807) is 11.3 Å². The van der Waals surface area contributed by atoms with Gasteiger partial charge in [-0.05, 0) is 38.3 Å². The van der Waals surface area contributed by atoms with E-state index in [0.29, 0.717) is 6.10 Å². The van der Waals surface area contributed by atoms with E-state index < -0.39 is 0 Å². The smallest absolute Gasteiger partial charge is 0.118 e. The third-order valence-electron chi connectivity index (χ3n) is 5.86. The van der Waals surface area contributed by atoms with E-state index in [2.05, 4.69) is 30.3 Å². The van der Waals surface area contributed by atoms with Gasteiger partial charge in [0.25, 0.3) is 0 Å². The number of hydrogen-bond acceptors (Lipinski definition) is 4. The number of rotatable bonds is 2. The highest BCUT2D eigenvalue weighted by Gasteiger charge is 2.56. The largest absolute Gasteiger partial charge is 0.381 e. The third kappa shape index (κ3) is 5.64. The molecule has 1 aromatic heterocycles. The average Bonchev–Trinajstić information content (AvgIpc) is 3.18. The molecule has 4 heteroatoms. The molecule has 3 nitrogen and oxygen atoms in total. The molecule has 0 amide bonds. The predicted octanol–water partition coefficient (Wildman–Crippen LogP) is 6.31. The number of hydrogen-bond donors (Lipinski definition) is 0. The van der Waals surface area contributed by atoms with E-state index in [1.807, 2.05) is 0 Å². The van der Waals surface area contributed by atoms with Crippen molar-refractivity contribution >= 4 is 17.4 Å². The van der Waals surface area contributed by atoms with E-state index >= 15 is 0 Å². The summed E-state index contributed by atoms with van der Waals surface area (Å²) in [5, 5.41) is 3.26. The number of ether oxygens (including phenoxy) is 2. The van der Waals surface area contributed by atoms with Crippen molar-refractivity contribution in [2.75, 3.05) is 13.2 Å². The first kappa shape index (κ1) is 20.0. The Bertz CT molecular complexity index is 582. The lowest BCUT2D eigenvalue weighted by molar-refractivity contribution is 0.112. The Balaban J connectivity index is 1.60. The minimum atomic E-state index is -0.103. The summed E-state index contributed by atoms with van der Waals surface area (Å²) in [5.41, 5.74) is 2.29. The molecule has 2 atom stereocenters. The van der Waals surface area contributed by atoms with Crippen LogP contribution in [0.25, 0.3) is 6.08 Å². The summed E-state index contributed by atoms with van der Waals surface area (Å²) in [6.45, 7) is 5.98. The van der Waals surface area contributed by atoms with Gasteiger partial charge in [-0.15, -0.1) is 11.3 Å². The molecule has 0 aromatic carbocycles. The number of aryl methyl sites for hydroxylation is 1. The second kappa shape index (κ2) is 10.0. The summed E-state index contributed by atoms with van der Waals surface area (Å²) < 4.78 is 12.2. The van der Waals surface area contributed by atoms with E-state index in [0.717, 1.165) is 30.3 Å². The van der Waals surface area contributed by atoms with Gasteiger partial charge in [-0.2, -0.15) is 0 Å². The molecule has 2 unspecified atom stereocenters. The molecule has 2 fully saturated rings. The van der Waals surface area contributed by atoms with Crippen molar-refractivity contribution in [2.45, 2.75) is 96.2 Å². The van der Waals surface area contributed by atoms with Gasteiger partial charge in [0.05, 0.1) is 16.8 Å². The Labute approximate surface area is 163 Å². The third-order valence-corrected chi connectivity index (χ3v) is 6.65. The van der Waals surface area contributed by atoms with Crippen LogP contribution in [-0.4, -0.2) is 29.9 Å². The van der Waals surface area contributed by atoms with Crippen LogP contribution in [0.1, 0.15) is 88.3 Å². The fourth-order valence-electron chi connectivity index (χ4n) is 4.16. The Morgan fingerprint density at radius 1 is 1.08 bits per heavy atom. The van der Waals surface area contributed by atoms with Gasteiger partial charge in [0.15, 0.2) is 0 Å². The lowest BCUT2D eigenvalue weighted by Crippen LogP contribution is -2.20. The predicted molar refractivity (Wildman–Crippen MR) is 110 cm³/mol. The SMILES string of the molecule is C/C(=C\c1csc(C)n1)C12CCOCCCCCCCCCCCC1O2. The molecule has 146 valence electrons. The van der Waals surface area contributed by atoms with Crippen LogP contribution in [-0.2, 0) is 9.47 Å². The van der Waals surface area contributed by atoms with Gasteiger partial charge in [0.2, 0.25) is 0 Å². The summed E-state index contributed by atoms with van der Waals surface area (Å²) in [6, 6.07) is 0. The normalized spacial score (nSPS) is 29.9. The molecule has 0 N–H and O–H groups in total. The van der Waals surface area contributed by atoms with Crippen LogP contribution < -0.4 is 0 Å². The number of fused-ring (bicyclic) bond motifs is 1. The Hall–Kier alpha value is -0.710. The highest BCUT2D eigenvalue weighted by atomic mass is 32.1. The molecule has 0 radical (unpaired) electrons. The number of epoxide rings is 1. The highest BCUT2D eigenvalue weighted by molar-refractivity contribution is 7.09. The summed E-state index contributed by atoms with van der Waals surface area (Å²) in [5.74, 6) is 0. The van der Waals surface area contributed by atoms with Gasteiger partial charge >= 0.3 is 0 Å². The second-order valence-electron chi connectivity index (χ2n) is 7.95. The van der Waals surface area contributed by atoms with Crippen LogP contribution in [0.15, 0.2) is 11.0 Å². The Morgan fingerprint density at radius 2 is 1.77 bits per heavy atom. The van der Waals surface area contributed by atoms with Gasteiger partial charge in [0, 0.05) is 25.0 Å². The second-order valence-corrected chi connectivity index (χ2v) is 9.01. The molecule has 2 aliphatic rings. The van der Waals surface area contributed by atoms with Gasteiger partial charge in [0.1, 0.15) is 5.60 Å². The molecule has 3 rings (SSSR count). The van der Waals surface area contributed by atoms with Crippen molar-refractivity contribution in [3.63, 3.8) is 0 Å². The lowest BCUT2D eigenvalue weighted by atomic mass is 9.90. The van der Waals surface area contributed by atoms with Crippen molar-refractivity contribution in [3.05, 3.63) is 21.7 Å². The Kier molecular flexibility index (Phi) is 7.71.